The second kappa shape index (κ2) is 2.70. The van der Waals surface area contributed by atoms with Gasteiger partial charge in [-0.3, -0.25) is 0 Å². The third-order valence-corrected chi connectivity index (χ3v) is 2.07. The van der Waals surface area contributed by atoms with Gasteiger partial charge in [0.2, 0.25) is 0 Å². The molecule has 0 unspecified atom stereocenters. The fourth-order valence-corrected chi connectivity index (χ4v) is 1.39. The minimum atomic E-state index is 0.744. The summed E-state index contributed by atoms with van der Waals surface area (Å²) in [7, 11) is 0. The Hall–Kier alpha value is -2.10. The maximum atomic E-state index is 5.04. The SMILES string of the molecule is c1cc(-c2ccc3oncc3c2)on1. The van der Waals surface area contributed by atoms with Crippen LogP contribution >= 0.6 is 0 Å². The van der Waals surface area contributed by atoms with Gasteiger partial charge in [0.1, 0.15) is 0 Å². The number of benzene rings is 1. The van der Waals surface area contributed by atoms with E-state index in [0.29, 0.717) is 0 Å². The minimum Gasteiger partial charge on any atom is -0.356 e. The molecule has 0 aliphatic rings. The lowest BCUT2D eigenvalue weighted by Gasteiger charge is -1.93. The zero-order valence-electron chi connectivity index (χ0n) is 7.18. The zero-order chi connectivity index (χ0) is 9.38. The highest BCUT2D eigenvalue weighted by atomic mass is 16.5. The van der Waals surface area contributed by atoms with Gasteiger partial charge in [-0.05, 0) is 18.2 Å². The normalized spacial score (nSPS) is 10.9. The van der Waals surface area contributed by atoms with Gasteiger partial charge in [-0.25, -0.2) is 0 Å². The topological polar surface area (TPSA) is 52.1 Å². The Morgan fingerprint density at radius 3 is 2.86 bits per heavy atom. The van der Waals surface area contributed by atoms with Gasteiger partial charge >= 0.3 is 0 Å². The molecule has 0 spiro atoms. The van der Waals surface area contributed by atoms with E-state index in [-0.39, 0.29) is 0 Å². The van der Waals surface area contributed by atoms with Gasteiger partial charge in [0.15, 0.2) is 11.3 Å². The van der Waals surface area contributed by atoms with Gasteiger partial charge in [0.25, 0.3) is 0 Å². The molecule has 0 bridgehead atoms. The van der Waals surface area contributed by atoms with Crippen molar-refractivity contribution in [1.82, 2.24) is 10.3 Å². The zero-order valence-corrected chi connectivity index (χ0v) is 7.18. The predicted octanol–water partition coefficient (Wildman–Crippen LogP) is 2.48. The second-order valence-corrected chi connectivity index (χ2v) is 2.96. The average Bonchev–Trinajstić information content (AvgIpc) is 2.88. The third kappa shape index (κ3) is 1.01. The van der Waals surface area contributed by atoms with E-state index in [4.69, 9.17) is 9.05 Å². The smallest absolute Gasteiger partial charge is 0.166 e. The lowest BCUT2D eigenvalue weighted by Crippen LogP contribution is -1.72. The number of hydrogen-bond acceptors (Lipinski definition) is 4. The predicted molar refractivity (Wildman–Crippen MR) is 49.5 cm³/mol. The Bertz CT molecular complexity index is 554. The van der Waals surface area contributed by atoms with E-state index in [1.165, 1.54) is 0 Å². The minimum absolute atomic E-state index is 0.744. The summed E-state index contributed by atoms with van der Waals surface area (Å²) in [5.41, 5.74) is 1.74. The van der Waals surface area contributed by atoms with Crippen molar-refractivity contribution in [2.45, 2.75) is 0 Å². The molecule has 2 heterocycles. The fourth-order valence-electron chi connectivity index (χ4n) is 1.39. The van der Waals surface area contributed by atoms with Crippen molar-refractivity contribution in [1.29, 1.82) is 0 Å². The molecule has 3 aromatic rings. The van der Waals surface area contributed by atoms with Crippen molar-refractivity contribution in [2.24, 2.45) is 0 Å². The molecule has 3 rings (SSSR count). The van der Waals surface area contributed by atoms with E-state index in [0.717, 1.165) is 22.3 Å². The molecule has 4 heteroatoms. The first kappa shape index (κ1) is 7.32. The molecule has 68 valence electrons. The van der Waals surface area contributed by atoms with Crippen LogP contribution < -0.4 is 0 Å². The van der Waals surface area contributed by atoms with Gasteiger partial charge in [0, 0.05) is 17.0 Å². The van der Waals surface area contributed by atoms with E-state index in [9.17, 15) is 0 Å². The maximum Gasteiger partial charge on any atom is 0.166 e. The molecule has 0 aliphatic heterocycles. The first-order valence-electron chi connectivity index (χ1n) is 4.19. The molecule has 0 amide bonds. The molecule has 0 N–H and O–H groups in total. The van der Waals surface area contributed by atoms with Crippen LogP contribution in [0.3, 0.4) is 0 Å². The van der Waals surface area contributed by atoms with Crippen molar-refractivity contribution in [2.75, 3.05) is 0 Å². The van der Waals surface area contributed by atoms with Gasteiger partial charge in [-0.1, -0.05) is 10.3 Å². The van der Waals surface area contributed by atoms with Crippen molar-refractivity contribution in [3.05, 3.63) is 36.7 Å². The maximum absolute atomic E-state index is 5.04. The third-order valence-electron chi connectivity index (χ3n) is 2.07. The van der Waals surface area contributed by atoms with E-state index < -0.39 is 0 Å². The highest BCUT2D eigenvalue weighted by Crippen LogP contribution is 2.23. The first-order valence-corrected chi connectivity index (χ1v) is 4.19. The largest absolute Gasteiger partial charge is 0.356 e. The molecule has 14 heavy (non-hydrogen) atoms. The summed E-state index contributed by atoms with van der Waals surface area (Å²) in [6, 6.07) is 7.54. The van der Waals surface area contributed by atoms with Crippen LogP contribution in [0.4, 0.5) is 0 Å². The molecule has 0 radical (unpaired) electrons. The second-order valence-electron chi connectivity index (χ2n) is 2.96. The first-order chi connectivity index (χ1) is 6.93. The van der Waals surface area contributed by atoms with E-state index in [1.54, 1.807) is 12.4 Å². The molecule has 0 atom stereocenters. The van der Waals surface area contributed by atoms with Crippen LogP contribution in [0.25, 0.3) is 22.3 Å². The Balaban J connectivity index is 2.23. The Kier molecular flexibility index (Phi) is 1.41. The van der Waals surface area contributed by atoms with Crippen LogP contribution in [-0.4, -0.2) is 10.3 Å². The summed E-state index contributed by atoms with van der Waals surface area (Å²) in [4.78, 5) is 0. The highest BCUT2D eigenvalue weighted by Gasteiger charge is 2.04. The summed E-state index contributed by atoms with van der Waals surface area (Å²) in [6.07, 6.45) is 3.29. The Morgan fingerprint density at radius 2 is 2.00 bits per heavy atom. The van der Waals surface area contributed by atoms with Gasteiger partial charge in [-0.2, -0.15) is 0 Å². The van der Waals surface area contributed by atoms with Crippen molar-refractivity contribution in [3.63, 3.8) is 0 Å². The molecule has 0 saturated heterocycles. The van der Waals surface area contributed by atoms with Crippen LogP contribution in [0.15, 0.2) is 45.7 Å². The standard InChI is InChI=1S/C10H6N2O2/c1-2-9-8(6-12-14-9)5-7(1)10-3-4-11-13-10/h1-6H. The molecule has 1 aromatic carbocycles. The number of rotatable bonds is 1. The van der Waals surface area contributed by atoms with Gasteiger partial charge < -0.3 is 9.05 Å². The summed E-state index contributed by atoms with van der Waals surface area (Å²) >= 11 is 0. The summed E-state index contributed by atoms with van der Waals surface area (Å²) < 4.78 is 10.0. The van der Waals surface area contributed by atoms with Crippen LogP contribution in [0.2, 0.25) is 0 Å². The number of aromatic nitrogens is 2. The monoisotopic (exact) mass is 186 g/mol. The van der Waals surface area contributed by atoms with Crippen molar-refractivity contribution >= 4 is 11.0 Å². The molecule has 2 aromatic heterocycles. The van der Waals surface area contributed by atoms with E-state index in [2.05, 4.69) is 10.3 Å². The molecular weight excluding hydrogens is 180 g/mol. The van der Waals surface area contributed by atoms with Gasteiger partial charge in [0.05, 0.1) is 12.4 Å². The van der Waals surface area contributed by atoms with Crippen LogP contribution in [0, 0.1) is 0 Å². The molecule has 0 fully saturated rings. The van der Waals surface area contributed by atoms with Crippen LogP contribution in [0.1, 0.15) is 0 Å². The fraction of sp³-hybridized carbons (Fsp3) is 0. The van der Waals surface area contributed by atoms with Crippen LogP contribution in [0.5, 0.6) is 0 Å². The highest BCUT2D eigenvalue weighted by molar-refractivity contribution is 5.81. The van der Waals surface area contributed by atoms with E-state index in [1.807, 2.05) is 24.3 Å². The Labute approximate surface area is 79.1 Å². The van der Waals surface area contributed by atoms with Gasteiger partial charge in [-0.15, -0.1) is 0 Å². The van der Waals surface area contributed by atoms with E-state index >= 15 is 0 Å². The lowest BCUT2D eigenvalue weighted by atomic mass is 10.1. The van der Waals surface area contributed by atoms with Crippen LogP contribution in [-0.2, 0) is 0 Å². The molecule has 0 aliphatic carbocycles. The Morgan fingerprint density at radius 1 is 1.00 bits per heavy atom. The molecule has 0 saturated carbocycles. The summed E-state index contributed by atoms with van der Waals surface area (Å²) in [6.45, 7) is 0. The molecular formula is C10H6N2O2. The van der Waals surface area contributed by atoms with Crippen molar-refractivity contribution in [3.8, 4) is 11.3 Å². The number of hydrogen-bond donors (Lipinski definition) is 0. The van der Waals surface area contributed by atoms with Crippen molar-refractivity contribution < 1.29 is 9.05 Å². The summed E-state index contributed by atoms with van der Waals surface area (Å²) in [5.74, 6) is 0.744. The lowest BCUT2D eigenvalue weighted by molar-refractivity contribution is 0.432. The molecule has 4 nitrogen and oxygen atoms in total. The quantitative estimate of drug-likeness (QED) is 0.585. The summed E-state index contributed by atoms with van der Waals surface area (Å²) in [5, 5.41) is 8.31. The number of nitrogens with zero attached hydrogens (tertiary/aromatic N) is 2. The number of fused-ring (bicyclic) bond motifs is 1. The average molecular weight is 186 g/mol.